The number of carbonyl (C=O) groups excluding carboxylic acids is 1. The molecule has 1 amide bonds. The third-order valence-electron chi connectivity index (χ3n) is 3.18. The van der Waals surface area contributed by atoms with E-state index in [1.807, 2.05) is 6.92 Å². The van der Waals surface area contributed by atoms with Crippen LogP contribution < -0.4 is 5.32 Å². The van der Waals surface area contributed by atoms with Gasteiger partial charge in [-0.15, -0.1) is 0 Å². The predicted octanol–water partition coefficient (Wildman–Crippen LogP) is 0.407. The largest absolute Gasteiger partial charge is 0.480 e. The van der Waals surface area contributed by atoms with Crippen molar-refractivity contribution in [2.45, 2.75) is 38.3 Å². The smallest absolute Gasteiger partial charge is 0.326 e. The average molecular weight is 259 g/mol. The van der Waals surface area contributed by atoms with Crippen LogP contribution in [-0.2, 0) is 19.1 Å². The Hall–Kier alpha value is -1.14. The molecule has 0 bridgehead atoms. The average Bonchev–Trinajstić information content (AvgIpc) is 2.38. The fourth-order valence-electron chi connectivity index (χ4n) is 2.12. The third-order valence-corrected chi connectivity index (χ3v) is 3.18. The van der Waals surface area contributed by atoms with Crippen molar-refractivity contribution in [2.75, 3.05) is 20.3 Å². The van der Waals surface area contributed by atoms with Gasteiger partial charge in [0.05, 0.1) is 6.61 Å². The summed E-state index contributed by atoms with van der Waals surface area (Å²) in [6.07, 6.45) is 1.49. The molecule has 1 aliphatic rings. The second kappa shape index (κ2) is 7.33. The van der Waals surface area contributed by atoms with Crippen molar-refractivity contribution in [1.29, 1.82) is 0 Å². The number of rotatable bonds is 6. The monoisotopic (exact) mass is 259 g/mol. The van der Waals surface area contributed by atoms with Gasteiger partial charge in [-0.3, -0.25) is 4.79 Å². The highest BCUT2D eigenvalue weighted by Gasteiger charge is 2.32. The molecular formula is C12H21NO5. The number of nitrogens with one attached hydrogen (secondary N) is 1. The maximum Gasteiger partial charge on any atom is 0.326 e. The molecule has 3 unspecified atom stereocenters. The number of carboxylic acid groups (broad SMARTS) is 1. The summed E-state index contributed by atoms with van der Waals surface area (Å²) in [5, 5.41) is 11.7. The van der Waals surface area contributed by atoms with Gasteiger partial charge in [0, 0.05) is 19.6 Å². The third kappa shape index (κ3) is 3.96. The summed E-state index contributed by atoms with van der Waals surface area (Å²) in [4.78, 5) is 23.0. The van der Waals surface area contributed by atoms with E-state index in [4.69, 9.17) is 9.47 Å². The Balaban J connectivity index is 2.62. The lowest BCUT2D eigenvalue weighted by Crippen LogP contribution is -2.51. The quantitative estimate of drug-likeness (QED) is 0.721. The Bertz CT molecular complexity index is 284. The van der Waals surface area contributed by atoms with Gasteiger partial charge in [-0.2, -0.15) is 0 Å². The summed E-state index contributed by atoms with van der Waals surface area (Å²) in [5.74, 6) is -1.57. The number of ether oxygens (including phenoxy) is 2. The summed E-state index contributed by atoms with van der Waals surface area (Å²) in [5.41, 5.74) is 0. The fraction of sp³-hybridized carbons (Fsp3) is 0.833. The molecule has 1 aliphatic heterocycles. The van der Waals surface area contributed by atoms with Gasteiger partial charge in [-0.05, 0) is 19.3 Å². The highest BCUT2D eigenvalue weighted by Crippen LogP contribution is 2.18. The van der Waals surface area contributed by atoms with Crippen LogP contribution in [0.2, 0.25) is 0 Å². The fourth-order valence-corrected chi connectivity index (χ4v) is 2.12. The maximum absolute atomic E-state index is 11.8. The van der Waals surface area contributed by atoms with Crippen molar-refractivity contribution >= 4 is 11.9 Å². The number of methoxy groups -OCH3 is 1. The van der Waals surface area contributed by atoms with Crippen LogP contribution >= 0.6 is 0 Å². The van der Waals surface area contributed by atoms with Crippen molar-refractivity contribution in [3.8, 4) is 0 Å². The first kappa shape index (κ1) is 14.9. The van der Waals surface area contributed by atoms with Crippen LogP contribution in [0.5, 0.6) is 0 Å². The Kier molecular flexibility index (Phi) is 6.07. The molecule has 0 aliphatic carbocycles. The zero-order valence-electron chi connectivity index (χ0n) is 10.8. The van der Waals surface area contributed by atoms with Crippen LogP contribution in [0.25, 0.3) is 0 Å². The second-order valence-corrected chi connectivity index (χ2v) is 4.43. The molecular weight excluding hydrogens is 238 g/mol. The normalized spacial score (nSPS) is 23.1. The van der Waals surface area contributed by atoms with E-state index in [1.165, 1.54) is 7.11 Å². The molecule has 1 saturated heterocycles. The molecule has 3 atom stereocenters. The number of carbonyl (C=O) groups is 2. The minimum absolute atomic E-state index is 0.172. The summed E-state index contributed by atoms with van der Waals surface area (Å²) in [7, 11) is 1.44. The molecule has 0 radical (unpaired) electrons. The molecule has 6 nitrogen and oxygen atoms in total. The first-order chi connectivity index (χ1) is 8.60. The molecule has 104 valence electrons. The zero-order valence-corrected chi connectivity index (χ0v) is 10.8. The molecule has 1 heterocycles. The molecule has 0 spiro atoms. The highest BCUT2D eigenvalue weighted by molar-refractivity contribution is 5.86. The number of hydrogen-bond acceptors (Lipinski definition) is 4. The van der Waals surface area contributed by atoms with Crippen molar-refractivity contribution in [2.24, 2.45) is 5.92 Å². The van der Waals surface area contributed by atoms with Gasteiger partial charge in [0.25, 0.3) is 0 Å². The van der Waals surface area contributed by atoms with Gasteiger partial charge in [0.2, 0.25) is 5.91 Å². The Labute approximate surface area is 107 Å². The summed E-state index contributed by atoms with van der Waals surface area (Å²) >= 11 is 0. The van der Waals surface area contributed by atoms with E-state index in [2.05, 4.69) is 5.32 Å². The standard InChI is InChI=1S/C12H21NO5/c1-3-9(17-2)11(14)13-10(12(15)16)8-5-4-6-18-7-8/h8-10H,3-7H2,1-2H3,(H,13,14)(H,15,16). The molecule has 0 aromatic rings. The van der Waals surface area contributed by atoms with Crippen molar-refractivity contribution < 1.29 is 24.2 Å². The van der Waals surface area contributed by atoms with Gasteiger partial charge in [0.15, 0.2) is 0 Å². The summed E-state index contributed by atoms with van der Waals surface area (Å²) < 4.78 is 10.3. The predicted molar refractivity (Wildman–Crippen MR) is 64.2 cm³/mol. The minimum Gasteiger partial charge on any atom is -0.480 e. The maximum atomic E-state index is 11.8. The van der Waals surface area contributed by atoms with Crippen LogP contribution in [-0.4, -0.2) is 49.5 Å². The Morgan fingerprint density at radius 1 is 1.56 bits per heavy atom. The van der Waals surface area contributed by atoms with Crippen LogP contribution in [0, 0.1) is 5.92 Å². The molecule has 0 aromatic carbocycles. The second-order valence-electron chi connectivity index (χ2n) is 4.43. The summed E-state index contributed by atoms with van der Waals surface area (Å²) in [6.45, 7) is 2.85. The number of hydrogen-bond donors (Lipinski definition) is 2. The lowest BCUT2D eigenvalue weighted by molar-refractivity contribution is -0.147. The van der Waals surface area contributed by atoms with Crippen LogP contribution in [0.3, 0.4) is 0 Å². The van der Waals surface area contributed by atoms with Gasteiger partial charge >= 0.3 is 5.97 Å². The number of carboxylic acids is 1. The minimum atomic E-state index is -1.02. The van der Waals surface area contributed by atoms with Crippen molar-refractivity contribution in [1.82, 2.24) is 5.32 Å². The number of amides is 1. The molecule has 1 fully saturated rings. The molecule has 18 heavy (non-hydrogen) atoms. The van der Waals surface area contributed by atoms with Gasteiger partial charge in [-0.1, -0.05) is 6.92 Å². The Morgan fingerprint density at radius 3 is 2.72 bits per heavy atom. The van der Waals surface area contributed by atoms with Gasteiger partial charge in [-0.25, -0.2) is 4.79 Å². The Morgan fingerprint density at radius 2 is 2.28 bits per heavy atom. The van der Waals surface area contributed by atoms with E-state index in [-0.39, 0.29) is 11.8 Å². The van der Waals surface area contributed by atoms with Crippen LogP contribution in [0.4, 0.5) is 0 Å². The van der Waals surface area contributed by atoms with Crippen LogP contribution in [0.1, 0.15) is 26.2 Å². The highest BCUT2D eigenvalue weighted by atomic mass is 16.5. The molecule has 0 aromatic heterocycles. The first-order valence-corrected chi connectivity index (χ1v) is 6.23. The SMILES string of the molecule is CCC(OC)C(=O)NC(C(=O)O)C1CCCOC1. The lowest BCUT2D eigenvalue weighted by atomic mass is 9.93. The van der Waals surface area contributed by atoms with E-state index in [1.54, 1.807) is 0 Å². The number of aliphatic carboxylic acids is 1. The lowest BCUT2D eigenvalue weighted by Gasteiger charge is -2.29. The van der Waals surface area contributed by atoms with E-state index in [9.17, 15) is 14.7 Å². The van der Waals surface area contributed by atoms with Crippen LogP contribution in [0.15, 0.2) is 0 Å². The van der Waals surface area contributed by atoms with Crippen molar-refractivity contribution in [3.63, 3.8) is 0 Å². The molecule has 0 saturated carbocycles. The topological polar surface area (TPSA) is 84.9 Å². The van der Waals surface area contributed by atoms with Gasteiger partial charge < -0.3 is 19.9 Å². The first-order valence-electron chi connectivity index (χ1n) is 6.23. The molecule has 1 rings (SSSR count). The molecule has 6 heteroatoms. The zero-order chi connectivity index (χ0) is 13.5. The van der Waals surface area contributed by atoms with E-state index in [0.717, 1.165) is 12.8 Å². The van der Waals surface area contributed by atoms with Gasteiger partial charge in [0.1, 0.15) is 12.1 Å². The van der Waals surface area contributed by atoms with Crippen molar-refractivity contribution in [3.05, 3.63) is 0 Å². The van der Waals surface area contributed by atoms with E-state index < -0.39 is 18.1 Å². The van der Waals surface area contributed by atoms with E-state index >= 15 is 0 Å². The summed E-state index contributed by atoms with van der Waals surface area (Å²) in [6, 6.07) is -0.901. The van der Waals surface area contributed by atoms with E-state index in [0.29, 0.717) is 19.6 Å². The molecule has 2 N–H and O–H groups in total.